The number of hydrogen-bond acceptors (Lipinski definition) is 4. The van der Waals surface area contributed by atoms with E-state index in [1.807, 2.05) is 0 Å². The second kappa shape index (κ2) is 3.67. The van der Waals surface area contributed by atoms with Crippen LogP contribution in [0, 0.1) is 5.92 Å². The number of rotatable bonds is 2. The molecule has 1 fully saturated rings. The Morgan fingerprint density at radius 3 is 2.93 bits per heavy atom. The quantitative estimate of drug-likeness (QED) is 0.726. The normalized spacial score (nSPS) is 21.6. The molecule has 0 radical (unpaired) electrons. The van der Waals surface area contributed by atoms with Gasteiger partial charge in [-0.1, -0.05) is 17.4 Å². The van der Waals surface area contributed by atoms with Crippen LogP contribution in [0.15, 0.2) is 12.7 Å². The van der Waals surface area contributed by atoms with E-state index >= 15 is 0 Å². The number of carbonyl (C=O) groups is 1. The summed E-state index contributed by atoms with van der Waals surface area (Å²) in [6.45, 7) is 4.31. The molecule has 1 aromatic heterocycles. The molecule has 0 bridgehead atoms. The molecule has 1 atom stereocenters. The first-order valence-corrected chi connectivity index (χ1v) is 5.32. The number of amides is 1. The molecule has 0 spiro atoms. The maximum absolute atomic E-state index is 11.5. The van der Waals surface area contributed by atoms with Crippen molar-refractivity contribution in [3.8, 4) is 0 Å². The second-order valence-electron chi connectivity index (χ2n) is 3.04. The van der Waals surface area contributed by atoms with Gasteiger partial charge < -0.3 is 0 Å². The fourth-order valence-electron chi connectivity index (χ4n) is 1.39. The van der Waals surface area contributed by atoms with Crippen LogP contribution in [0.4, 0.5) is 5.13 Å². The zero-order valence-corrected chi connectivity index (χ0v) is 8.88. The van der Waals surface area contributed by atoms with Gasteiger partial charge in [0.05, 0.1) is 0 Å². The summed E-state index contributed by atoms with van der Waals surface area (Å²) in [6, 6.07) is 0. The van der Waals surface area contributed by atoms with Gasteiger partial charge in [0.15, 0.2) is 0 Å². The average molecular weight is 230 g/mol. The van der Waals surface area contributed by atoms with E-state index in [9.17, 15) is 4.79 Å². The lowest BCUT2D eigenvalue weighted by atomic mass is 10.1. The lowest BCUT2D eigenvalue weighted by Crippen LogP contribution is -2.24. The average Bonchev–Trinajstić information content (AvgIpc) is 2.71. The molecule has 0 saturated carbocycles. The topological polar surface area (TPSA) is 46.1 Å². The van der Waals surface area contributed by atoms with Crippen LogP contribution >= 0.6 is 22.9 Å². The van der Waals surface area contributed by atoms with Crippen LogP contribution in [0.2, 0.25) is 4.47 Å². The van der Waals surface area contributed by atoms with Crippen molar-refractivity contribution in [1.29, 1.82) is 0 Å². The number of anilines is 1. The summed E-state index contributed by atoms with van der Waals surface area (Å²) in [5.41, 5.74) is 0. The van der Waals surface area contributed by atoms with Crippen molar-refractivity contribution in [2.24, 2.45) is 5.92 Å². The van der Waals surface area contributed by atoms with E-state index < -0.39 is 0 Å². The Hall–Kier alpha value is -0.940. The number of carbonyl (C=O) groups excluding carboxylic acids is 1. The smallest absolute Gasteiger partial charge is 0.229 e. The Bertz CT molecular complexity index is 378. The molecule has 1 aromatic rings. The highest BCUT2D eigenvalue weighted by atomic mass is 35.5. The minimum Gasteiger partial charge on any atom is -0.286 e. The Labute approximate surface area is 90.2 Å². The van der Waals surface area contributed by atoms with Crippen LogP contribution < -0.4 is 4.90 Å². The van der Waals surface area contributed by atoms with Gasteiger partial charge >= 0.3 is 0 Å². The van der Waals surface area contributed by atoms with E-state index in [1.54, 1.807) is 11.0 Å². The first-order valence-electron chi connectivity index (χ1n) is 4.12. The lowest BCUT2D eigenvalue weighted by molar-refractivity contribution is -0.117. The number of halogens is 1. The Kier molecular flexibility index (Phi) is 2.52. The summed E-state index contributed by atoms with van der Waals surface area (Å²) >= 11 is 6.86. The van der Waals surface area contributed by atoms with Gasteiger partial charge in [-0.15, -0.1) is 16.8 Å². The fraction of sp³-hybridized carbons (Fsp3) is 0.375. The van der Waals surface area contributed by atoms with Crippen molar-refractivity contribution in [2.75, 3.05) is 11.4 Å². The third-order valence-corrected chi connectivity index (χ3v) is 3.15. The summed E-state index contributed by atoms with van der Waals surface area (Å²) in [7, 11) is 0. The van der Waals surface area contributed by atoms with Crippen molar-refractivity contribution >= 4 is 34.0 Å². The fourth-order valence-corrected chi connectivity index (χ4v) is 2.23. The highest BCUT2D eigenvalue weighted by Gasteiger charge is 2.30. The molecule has 1 amide bonds. The van der Waals surface area contributed by atoms with Gasteiger partial charge in [0.2, 0.25) is 15.5 Å². The van der Waals surface area contributed by atoms with Gasteiger partial charge in [-0.05, 0) is 11.6 Å². The maximum Gasteiger partial charge on any atom is 0.229 e. The molecular weight excluding hydrogens is 222 g/mol. The molecule has 4 nitrogen and oxygen atoms in total. The van der Waals surface area contributed by atoms with E-state index in [2.05, 4.69) is 16.8 Å². The minimum absolute atomic E-state index is 0.0581. The summed E-state index contributed by atoms with van der Waals surface area (Å²) in [5, 5.41) is 8.06. The number of hydrogen-bond donors (Lipinski definition) is 0. The molecule has 74 valence electrons. The van der Waals surface area contributed by atoms with E-state index in [0.717, 1.165) is 0 Å². The molecule has 1 aliphatic heterocycles. The Morgan fingerprint density at radius 2 is 2.43 bits per heavy atom. The predicted octanol–water partition coefficient (Wildman–Crippen LogP) is 1.73. The molecule has 2 heterocycles. The van der Waals surface area contributed by atoms with E-state index in [1.165, 1.54) is 11.3 Å². The van der Waals surface area contributed by atoms with Gasteiger partial charge in [0.25, 0.3) is 0 Å². The van der Waals surface area contributed by atoms with Gasteiger partial charge in [-0.2, -0.15) is 0 Å². The number of aromatic nitrogens is 2. The predicted molar refractivity (Wildman–Crippen MR) is 55.6 cm³/mol. The first kappa shape index (κ1) is 9.61. The zero-order chi connectivity index (χ0) is 10.1. The summed E-state index contributed by atoms with van der Waals surface area (Å²) in [4.78, 5) is 13.1. The molecule has 0 aromatic carbocycles. The molecule has 14 heavy (non-hydrogen) atoms. The highest BCUT2D eigenvalue weighted by Crippen LogP contribution is 2.29. The van der Waals surface area contributed by atoms with Crippen molar-refractivity contribution in [1.82, 2.24) is 10.2 Å². The van der Waals surface area contributed by atoms with Crippen LogP contribution in [0.5, 0.6) is 0 Å². The molecular formula is C8H8ClN3OS. The standard InChI is InChI=1S/C8H8ClN3OS/c1-2-5-3-6(13)12(4-5)8-11-10-7(9)14-8/h2,5H,1,3-4H2. The molecule has 1 unspecified atom stereocenters. The Morgan fingerprint density at radius 1 is 1.64 bits per heavy atom. The molecule has 0 aliphatic carbocycles. The highest BCUT2D eigenvalue weighted by molar-refractivity contribution is 7.19. The van der Waals surface area contributed by atoms with Gasteiger partial charge in [0.1, 0.15) is 0 Å². The first-order chi connectivity index (χ1) is 6.70. The SMILES string of the molecule is C=CC1CC(=O)N(c2nnc(Cl)s2)C1. The summed E-state index contributed by atoms with van der Waals surface area (Å²) in [6.07, 6.45) is 2.29. The van der Waals surface area contributed by atoms with Crippen molar-refractivity contribution in [3.05, 3.63) is 17.1 Å². The van der Waals surface area contributed by atoms with Crippen molar-refractivity contribution in [3.63, 3.8) is 0 Å². The maximum atomic E-state index is 11.5. The molecule has 6 heteroatoms. The van der Waals surface area contributed by atoms with Gasteiger partial charge in [-0.25, -0.2) is 0 Å². The van der Waals surface area contributed by atoms with Crippen LogP contribution in [0.1, 0.15) is 6.42 Å². The van der Waals surface area contributed by atoms with Crippen LogP contribution in [-0.4, -0.2) is 22.6 Å². The molecule has 1 saturated heterocycles. The monoisotopic (exact) mass is 229 g/mol. The van der Waals surface area contributed by atoms with Gasteiger partial charge in [0, 0.05) is 18.9 Å². The summed E-state index contributed by atoms with van der Waals surface area (Å²) in [5.74, 6) is 0.271. The summed E-state index contributed by atoms with van der Waals surface area (Å²) < 4.78 is 0.356. The van der Waals surface area contributed by atoms with Gasteiger partial charge in [-0.3, -0.25) is 9.69 Å². The molecule has 2 rings (SSSR count). The third kappa shape index (κ3) is 1.65. The van der Waals surface area contributed by atoms with Crippen molar-refractivity contribution in [2.45, 2.75) is 6.42 Å². The van der Waals surface area contributed by atoms with Crippen molar-refractivity contribution < 1.29 is 4.79 Å². The second-order valence-corrected chi connectivity index (χ2v) is 4.58. The third-order valence-electron chi connectivity index (χ3n) is 2.11. The van der Waals surface area contributed by atoms with Crippen LogP contribution in [-0.2, 0) is 4.79 Å². The largest absolute Gasteiger partial charge is 0.286 e. The number of nitrogens with zero attached hydrogens (tertiary/aromatic N) is 3. The molecule has 0 N–H and O–H groups in total. The van der Waals surface area contributed by atoms with E-state index in [0.29, 0.717) is 22.6 Å². The van der Waals surface area contributed by atoms with Crippen LogP contribution in [0.3, 0.4) is 0 Å². The lowest BCUT2D eigenvalue weighted by Gasteiger charge is -2.10. The van der Waals surface area contributed by atoms with Crippen LogP contribution in [0.25, 0.3) is 0 Å². The Balaban J connectivity index is 2.20. The minimum atomic E-state index is 0.0581. The van der Waals surface area contributed by atoms with E-state index in [-0.39, 0.29) is 11.8 Å². The molecule has 1 aliphatic rings. The van der Waals surface area contributed by atoms with E-state index in [4.69, 9.17) is 11.6 Å². The zero-order valence-electron chi connectivity index (χ0n) is 7.31.